The first-order valence-corrected chi connectivity index (χ1v) is 9.68. The van der Waals surface area contributed by atoms with Gasteiger partial charge in [-0.15, -0.1) is 0 Å². The van der Waals surface area contributed by atoms with Crippen molar-refractivity contribution in [2.45, 2.75) is 58.9 Å². The highest BCUT2D eigenvalue weighted by molar-refractivity contribution is 5.78. The predicted octanol–water partition coefficient (Wildman–Crippen LogP) is 4.83. The van der Waals surface area contributed by atoms with Crippen LogP contribution in [0.5, 0.6) is 5.75 Å². The number of fused-ring (bicyclic) bond motifs is 1. The number of nitrogens with one attached hydrogen (secondary N) is 1. The molecule has 0 saturated heterocycles. The number of rotatable bonds is 6. The van der Waals surface area contributed by atoms with Gasteiger partial charge in [-0.25, -0.2) is 0 Å². The van der Waals surface area contributed by atoms with Crippen LogP contribution in [0.4, 0.5) is 0 Å². The monoisotopic (exact) mass is 351 g/mol. The van der Waals surface area contributed by atoms with Gasteiger partial charge in [0.05, 0.1) is 6.04 Å². The molecule has 0 aromatic heterocycles. The molecule has 1 aliphatic rings. The number of carbonyl (C=O) groups excluding carboxylic acids is 1. The molecule has 1 unspecified atom stereocenters. The van der Waals surface area contributed by atoms with Crippen LogP contribution in [0, 0.1) is 13.8 Å². The van der Waals surface area contributed by atoms with E-state index in [1.54, 1.807) is 0 Å². The minimum absolute atomic E-state index is 0.0232. The summed E-state index contributed by atoms with van der Waals surface area (Å²) in [6.45, 7) is 6.37. The van der Waals surface area contributed by atoms with E-state index in [9.17, 15) is 4.79 Å². The van der Waals surface area contributed by atoms with Crippen LogP contribution in [0.2, 0.25) is 0 Å². The minimum atomic E-state index is -0.0662. The van der Waals surface area contributed by atoms with Crippen LogP contribution in [0.15, 0.2) is 36.4 Å². The van der Waals surface area contributed by atoms with Gasteiger partial charge in [-0.05, 0) is 79.8 Å². The van der Waals surface area contributed by atoms with E-state index in [0.29, 0.717) is 0 Å². The molecule has 3 heteroatoms. The van der Waals surface area contributed by atoms with E-state index >= 15 is 0 Å². The third-order valence-corrected chi connectivity index (χ3v) is 5.39. The third-order valence-electron chi connectivity index (χ3n) is 5.39. The Morgan fingerprint density at radius 1 is 1.12 bits per heavy atom. The Kier molecular flexibility index (Phi) is 5.97. The summed E-state index contributed by atoms with van der Waals surface area (Å²) in [5, 5.41) is 3.12. The van der Waals surface area contributed by atoms with Gasteiger partial charge in [-0.1, -0.05) is 37.3 Å². The van der Waals surface area contributed by atoms with Crippen molar-refractivity contribution < 1.29 is 9.53 Å². The summed E-state index contributed by atoms with van der Waals surface area (Å²) in [4.78, 5) is 12.4. The molecule has 1 atom stereocenters. The Hall–Kier alpha value is -2.29. The van der Waals surface area contributed by atoms with Crippen LogP contribution in [0.25, 0.3) is 0 Å². The van der Waals surface area contributed by atoms with Crippen molar-refractivity contribution in [1.82, 2.24) is 5.32 Å². The highest BCUT2D eigenvalue weighted by atomic mass is 16.5. The van der Waals surface area contributed by atoms with Gasteiger partial charge >= 0.3 is 0 Å². The van der Waals surface area contributed by atoms with Crippen LogP contribution in [0.3, 0.4) is 0 Å². The molecule has 0 radical (unpaired) electrons. The van der Waals surface area contributed by atoms with E-state index in [4.69, 9.17) is 4.74 Å². The molecule has 1 N–H and O–H groups in total. The van der Waals surface area contributed by atoms with Gasteiger partial charge in [0.15, 0.2) is 6.61 Å². The topological polar surface area (TPSA) is 38.3 Å². The molecule has 2 aromatic carbocycles. The fourth-order valence-corrected chi connectivity index (χ4v) is 3.66. The molecule has 2 aromatic rings. The lowest BCUT2D eigenvalue weighted by Gasteiger charge is -2.21. The lowest BCUT2D eigenvalue weighted by Crippen LogP contribution is -2.32. The molecule has 0 aliphatic heterocycles. The quantitative estimate of drug-likeness (QED) is 0.809. The Balaban J connectivity index is 1.62. The van der Waals surface area contributed by atoms with Crippen LogP contribution >= 0.6 is 0 Å². The van der Waals surface area contributed by atoms with Crippen LogP contribution < -0.4 is 10.1 Å². The second-order valence-corrected chi connectivity index (χ2v) is 7.26. The number of hydrogen-bond donors (Lipinski definition) is 1. The maximum Gasteiger partial charge on any atom is 0.258 e. The van der Waals surface area contributed by atoms with Crippen molar-refractivity contribution in [2.24, 2.45) is 0 Å². The van der Waals surface area contributed by atoms with Crippen molar-refractivity contribution in [3.63, 3.8) is 0 Å². The van der Waals surface area contributed by atoms with Gasteiger partial charge in [0.2, 0.25) is 0 Å². The zero-order chi connectivity index (χ0) is 18.5. The molecule has 0 heterocycles. The highest BCUT2D eigenvalue weighted by Gasteiger charge is 2.17. The van der Waals surface area contributed by atoms with Gasteiger partial charge in [0, 0.05) is 0 Å². The fraction of sp³-hybridized carbons (Fsp3) is 0.435. The maximum atomic E-state index is 12.4. The SMILES string of the molecule is CCC(NC(=O)COc1cccc2c1CCCC2)c1ccc(C)c(C)c1. The van der Waals surface area contributed by atoms with E-state index in [-0.39, 0.29) is 18.6 Å². The van der Waals surface area contributed by atoms with E-state index < -0.39 is 0 Å². The summed E-state index contributed by atoms with van der Waals surface area (Å²) in [6.07, 6.45) is 5.46. The van der Waals surface area contributed by atoms with Crippen molar-refractivity contribution in [3.05, 3.63) is 64.2 Å². The second kappa shape index (κ2) is 8.39. The first-order chi connectivity index (χ1) is 12.6. The fourth-order valence-electron chi connectivity index (χ4n) is 3.66. The number of carbonyl (C=O) groups is 1. The summed E-state index contributed by atoms with van der Waals surface area (Å²) in [5.74, 6) is 0.806. The molecular formula is C23H29NO2. The summed E-state index contributed by atoms with van der Waals surface area (Å²) >= 11 is 0. The molecular weight excluding hydrogens is 322 g/mol. The maximum absolute atomic E-state index is 12.4. The first kappa shape index (κ1) is 18.5. The van der Waals surface area contributed by atoms with E-state index in [0.717, 1.165) is 30.6 Å². The Morgan fingerprint density at radius 2 is 1.92 bits per heavy atom. The van der Waals surface area contributed by atoms with Crippen LogP contribution in [-0.4, -0.2) is 12.5 Å². The van der Waals surface area contributed by atoms with Crippen LogP contribution in [-0.2, 0) is 17.6 Å². The Bertz CT molecular complexity index is 782. The molecule has 0 spiro atoms. The van der Waals surface area contributed by atoms with E-state index in [2.05, 4.69) is 50.4 Å². The lowest BCUT2D eigenvalue weighted by molar-refractivity contribution is -0.123. The van der Waals surface area contributed by atoms with Crippen molar-refractivity contribution in [1.29, 1.82) is 0 Å². The summed E-state index contributed by atoms with van der Waals surface area (Å²) in [5.41, 5.74) is 6.33. The van der Waals surface area contributed by atoms with E-state index in [1.807, 2.05) is 12.1 Å². The number of aryl methyl sites for hydroxylation is 3. The third kappa shape index (κ3) is 4.27. The number of benzene rings is 2. The smallest absolute Gasteiger partial charge is 0.258 e. The molecule has 1 aliphatic carbocycles. The standard InChI is InChI=1S/C23H29NO2/c1-4-21(19-13-12-16(2)17(3)14-19)24-23(25)15-26-22-11-7-9-18-8-5-6-10-20(18)22/h7,9,11-14,21H,4-6,8,10,15H2,1-3H3,(H,24,25). The van der Waals surface area contributed by atoms with Crippen LogP contribution in [0.1, 0.15) is 60.0 Å². The van der Waals surface area contributed by atoms with E-state index in [1.165, 1.54) is 35.1 Å². The zero-order valence-electron chi connectivity index (χ0n) is 16.1. The van der Waals surface area contributed by atoms with Gasteiger partial charge in [-0.3, -0.25) is 4.79 Å². The minimum Gasteiger partial charge on any atom is -0.483 e. The average Bonchev–Trinajstić information content (AvgIpc) is 2.66. The Morgan fingerprint density at radius 3 is 2.69 bits per heavy atom. The Labute approximate surface area is 156 Å². The molecule has 0 fully saturated rings. The molecule has 138 valence electrons. The molecule has 3 nitrogen and oxygen atoms in total. The van der Waals surface area contributed by atoms with Gasteiger partial charge in [0.1, 0.15) is 5.75 Å². The van der Waals surface area contributed by atoms with Crippen molar-refractivity contribution in [2.75, 3.05) is 6.61 Å². The predicted molar refractivity (Wildman–Crippen MR) is 106 cm³/mol. The molecule has 26 heavy (non-hydrogen) atoms. The highest BCUT2D eigenvalue weighted by Crippen LogP contribution is 2.29. The second-order valence-electron chi connectivity index (χ2n) is 7.26. The first-order valence-electron chi connectivity index (χ1n) is 9.68. The molecule has 3 rings (SSSR count). The number of hydrogen-bond acceptors (Lipinski definition) is 2. The summed E-state index contributed by atoms with van der Waals surface area (Å²) in [7, 11) is 0. The van der Waals surface area contributed by atoms with Gasteiger partial charge in [0.25, 0.3) is 5.91 Å². The van der Waals surface area contributed by atoms with Gasteiger partial charge in [-0.2, -0.15) is 0 Å². The molecule has 1 amide bonds. The largest absolute Gasteiger partial charge is 0.483 e. The molecule has 0 saturated carbocycles. The number of amides is 1. The van der Waals surface area contributed by atoms with Crippen molar-refractivity contribution >= 4 is 5.91 Å². The van der Waals surface area contributed by atoms with Gasteiger partial charge < -0.3 is 10.1 Å². The average molecular weight is 351 g/mol. The zero-order valence-corrected chi connectivity index (χ0v) is 16.1. The normalized spacial score (nSPS) is 14.4. The summed E-state index contributed by atoms with van der Waals surface area (Å²) in [6, 6.07) is 12.6. The molecule has 0 bridgehead atoms. The van der Waals surface area contributed by atoms with Crippen molar-refractivity contribution in [3.8, 4) is 5.75 Å². The number of ether oxygens (including phenoxy) is 1. The lowest BCUT2D eigenvalue weighted by atomic mass is 9.91. The summed E-state index contributed by atoms with van der Waals surface area (Å²) < 4.78 is 5.88.